The Kier molecular flexibility index (Phi) is 6.60. The fraction of sp³-hybridized carbons (Fsp3) is 0.222. The molecule has 0 saturated carbocycles. The van der Waals surface area contributed by atoms with E-state index < -0.39 is 29.3 Å². The summed E-state index contributed by atoms with van der Waals surface area (Å²) in [6, 6.07) is 6.28. The zero-order valence-corrected chi connectivity index (χ0v) is 13.9. The third-order valence-electron chi connectivity index (χ3n) is 3.33. The van der Waals surface area contributed by atoms with E-state index in [1.165, 1.54) is 12.1 Å². The molecule has 2 N–H and O–H groups in total. The monoisotopic (exact) mass is 366 g/mol. The number of carbonyl (C=O) groups is 2. The summed E-state index contributed by atoms with van der Waals surface area (Å²) in [6.45, 7) is 1.96. The van der Waals surface area contributed by atoms with Gasteiger partial charge >= 0.3 is 0 Å². The number of hydrogen-bond donors (Lipinski definition) is 2. The molecule has 26 heavy (non-hydrogen) atoms. The Morgan fingerprint density at radius 1 is 1.04 bits per heavy atom. The van der Waals surface area contributed by atoms with Crippen LogP contribution in [0.2, 0.25) is 0 Å². The van der Waals surface area contributed by atoms with Crippen LogP contribution in [0.1, 0.15) is 23.7 Å². The van der Waals surface area contributed by atoms with Crippen LogP contribution in [-0.2, 0) is 4.79 Å². The molecule has 0 spiro atoms. The molecule has 0 aliphatic rings. The maximum Gasteiger partial charge on any atom is 0.254 e. The van der Waals surface area contributed by atoms with Crippen LogP contribution in [0.3, 0.4) is 0 Å². The molecule has 0 aromatic heterocycles. The van der Waals surface area contributed by atoms with Crippen LogP contribution in [-0.4, -0.2) is 25.0 Å². The topological polar surface area (TPSA) is 67.4 Å². The first-order chi connectivity index (χ1) is 12.4. The Morgan fingerprint density at radius 3 is 2.42 bits per heavy atom. The molecule has 138 valence electrons. The first kappa shape index (κ1) is 19.3. The van der Waals surface area contributed by atoms with Crippen LogP contribution < -0.4 is 15.4 Å². The second-order valence-corrected chi connectivity index (χ2v) is 5.25. The number of rotatable bonds is 7. The van der Waals surface area contributed by atoms with Crippen molar-refractivity contribution in [3.63, 3.8) is 0 Å². The Bertz CT molecular complexity index is 812. The number of benzene rings is 2. The van der Waals surface area contributed by atoms with Gasteiger partial charge in [-0.25, -0.2) is 13.2 Å². The summed E-state index contributed by atoms with van der Waals surface area (Å²) in [6.07, 6.45) is -0.0997. The van der Waals surface area contributed by atoms with Gasteiger partial charge in [-0.2, -0.15) is 0 Å². The zero-order chi connectivity index (χ0) is 19.1. The summed E-state index contributed by atoms with van der Waals surface area (Å²) in [5.41, 5.74) is -0.0156. The molecule has 0 fully saturated rings. The molecule has 2 aromatic carbocycles. The van der Waals surface area contributed by atoms with Crippen molar-refractivity contribution in [2.75, 3.05) is 18.5 Å². The first-order valence-electron chi connectivity index (χ1n) is 7.86. The lowest BCUT2D eigenvalue weighted by molar-refractivity contribution is -0.116. The summed E-state index contributed by atoms with van der Waals surface area (Å²) in [4.78, 5) is 23.8. The molecule has 2 rings (SSSR count). The molecule has 0 bridgehead atoms. The van der Waals surface area contributed by atoms with E-state index in [0.717, 1.165) is 18.2 Å². The van der Waals surface area contributed by atoms with E-state index in [4.69, 9.17) is 4.74 Å². The van der Waals surface area contributed by atoms with Crippen molar-refractivity contribution in [1.29, 1.82) is 0 Å². The van der Waals surface area contributed by atoms with Crippen LogP contribution in [0.5, 0.6) is 5.75 Å². The van der Waals surface area contributed by atoms with Crippen LogP contribution >= 0.6 is 0 Å². The molecule has 0 radical (unpaired) electrons. The Hall–Kier alpha value is -3.03. The number of carbonyl (C=O) groups excluding carboxylic acids is 2. The molecule has 0 unspecified atom stereocenters. The van der Waals surface area contributed by atoms with E-state index in [2.05, 4.69) is 10.6 Å². The number of halogens is 3. The van der Waals surface area contributed by atoms with Crippen LogP contribution in [0.15, 0.2) is 36.4 Å². The van der Waals surface area contributed by atoms with E-state index in [9.17, 15) is 22.8 Å². The highest BCUT2D eigenvalue weighted by molar-refractivity contribution is 5.95. The van der Waals surface area contributed by atoms with Crippen molar-refractivity contribution < 1.29 is 27.5 Å². The number of amides is 2. The van der Waals surface area contributed by atoms with Gasteiger partial charge in [-0.1, -0.05) is 0 Å². The van der Waals surface area contributed by atoms with E-state index in [0.29, 0.717) is 18.4 Å². The van der Waals surface area contributed by atoms with Crippen molar-refractivity contribution in [2.24, 2.45) is 0 Å². The maximum absolute atomic E-state index is 13.5. The number of anilines is 1. The van der Waals surface area contributed by atoms with Crippen molar-refractivity contribution in [2.45, 2.75) is 13.3 Å². The lowest BCUT2D eigenvalue weighted by atomic mass is 10.2. The van der Waals surface area contributed by atoms with Gasteiger partial charge in [0, 0.05) is 25.1 Å². The second-order valence-electron chi connectivity index (χ2n) is 5.25. The fourth-order valence-corrected chi connectivity index (χ4v) is 2.15. The fourth-order valence-electron chi connectivity index (χ4n) is 2.15. The number of nitrogens with one attached hydrogen (secondary N) is 2. The molecule has 2 amide bonds. The van der Waals surface area contributed by atoms with Gasteiger partial charge in [-0.15, -0.1) is 0 Å². The predicted molar refractivity (Wildman–Crippen MR) is 89.5 cm³/mol. The first-order valence-corrected chi connectivity index (χ1v) is 7.86. The number of ether oxygens (including phenoxy) is 1. The van der Waals surface area contributed by atoms with E-state index >= 15 is 0 Å². The number of hydrogen-bond acceptors (Lipinski definition) is 3. The average Bonchev–Trinajstić information content (AvgIpc) is 2.57. The van der Waals surface area contributed by atoms with E-state index in [1.807, 2.05) is 0 Å². The highest BCUT2D eigenvalue weighted by Gasteiger charge is 2.13. The van der Waals surface area contributed by atoms with Gasteiger partial charge in [0.15, 0.2) is 0 Å². The Balaban J connectivity index is 1.88. The molecule has 0 saturated heterocycles. The predicted octanol–water partition coefficient (Wildman–Crippen LogP) is 3.26. The summed E-state index contributed by atoms with van der Waals surface area (Å²) >= 11 is 0. The van der Waals surface area contributed by atoms with Crippen molar-refractivity contribution in [3.05, 3.63) is 59.4 Å². The summed E-state index contributed by atoms with van der Waals surface area (Å²) in [7, 11) is 0. The molecular weight excluding hydrogens is 349 g/mol. The molecular formula is C18H17F3N2O3. The third kappa shape index (κ3) is 5.23. The summed E-state index contributed by atoms with van der Waals surface area (Å²) in [5, 5.41) is 4.92. The Morgan fingerprint density at radius 2 is 1.73 bits per heavy atom. The molecule has 2 aromatic rings. The second kappa shape index (κ2) is 8.89. The van der Waals surface area contributed by atoms with E-state index in [1.54, 1.807) is 6.92 Å². The normalized spacial score (nSPS) is 10.3. The SMILES string of the molecule is CCOc1cc(F)ccc1NC(=O)CCNC(=O)c1ccc(F)cc1F. The van der Waals surface area contributed by atoms with Crippen molar-refractivity contribution in [3.8, 4) is 5.75 Å². The molecule has 8 heteroatoms. The van der Waals surface area contributed by atoms with Gasteiger partial charge in [-0.3, -0.25) is 9.59 Å². The molecule has 0 atom stereocenters. The highest BCUT2D eigenvalue weighted by atomic mass is 19.1. The zero-order valence-electron chi connectivity index (χ0n) is 13.9. The lowest BCUT2D eigenvalue weighted by Gasteiger charge is -2.12. The van der Waals surface area contributed by atoms with E-state index in [-0.39, 0.29) is 24.3 Å². The van der Waals surface area contributed by atoms with Gasteiger partial charge < -0.3 is 15.4 Å². The molecule has 0 heterocycles. The van der Waals surface area contributed by atoms with Crippen molar-refractivity contribution in [1.82, 2.24) is 5.32 Å². The van der Waals surface area contributed by atoms with Gasteiger partial charge in [0.05, 0.1) is 17.9 Å². The quantitative estimate of drug-likeness (QED) is 0.790. The minimum Gasteiger partial charge on any atom is -0.492 e. The van der Waals surface area contributed by atoms with Crippen LogP contribution in [0, 0.1) is 17.5 Å². The largest absolute Gasteiger partial charge is 0.492 e. The van der Waals surface area contributed by atoms with Gasteiger partial charge in [-0.05, 0) is 31.2 Å². The van der Waals surface area contributed by atoms with Gasteiger partial charge in [0.2, 0.25) is 5.91 Å². The van der Waals surface area contributed by atoms with Crippen LogP contribution in [0.4, 0.5) is 18.9 Å². The molecule has 0 aliphatic carbocycles. The smallest absolute Gasteiger partial charge is 0.254 e. The minimum atomic E-state index is -0.986. The van der Waals surface area contributed by atoms with Gasteiger partial charge in [0.25, 0.3) is 5.91 Å². The molecule has 0 aliphatic heterocycles. The van der Waals surface area contributed by atoms with Gasteiger partial charge in [0.1, 0.15) is 23.2 Å². The third-order valence-corrected chi connectivity index (χ3v) is 3.33. The highest BCUT2D eigenvalue weighted by Crippen LogP contribution is 2.25. The molecule has 5 nitrogen and oxygen atoms in total. The average molecular weight is 366 g/mol. The minimum absolute atomic E-state index is 0.0629. The standard InChI is InChI=1S/C18H17F3N2O3/c1-2-26-16-10-12(20)4-6-15(16)23-17(24)7-8-22-18(25)13-5-3-11(19)9-14(13)21/h3-6,9-10H,2,7-8H2,1H3,(H,22,25)(H,23,24). The summed E-state index contributed by atoms with van der Waals surface area (Å²) in [5.74, 6) is -3.29. The summed E-state index contributed by atoms with van der Waals surface area (Å²) < 4.78 is 44.8. The maximum atomic E-state index is 13.5. The lowest BCUT2D eigenvalue weighted by Crippen LogP contribution is -2.28. The van der Waals surface area contributed by atoms with Crippen molar-refractivity contribution >= 4 is 17.5 Å². The Labute approximate surface area is 148 Å². The van der Waals surface area contributed by atoms with Crippen LogP contribution in [0.25, 0.3) is 0 Å².